The van der Waals surface area contributed by atoms with Gasteiger partial charge in [-0.3, -0.25) is 4.21 Å². The molecular weight excluding hydrogens is 153 g/mol. The van der Waals surface area contributed by atoms with E-state index in [-0.39, 0.29) is 0 Å². The van der Waals surface area contributed by atoms with Crippen molar-refractivity contribution in [2.24, 2.45) is 0 Å². The summed E-state index contributed by atoms with van der Waals surface area (Å²) in [5.41, 5.74) is 0. The van der Waals surface area contributed by atoms with E-state index in [1.165, 1.54) is 12.3 Å². The first-order valence-electron chi connectivity index (χ1n) is 2.70. The number of alkyl halides is 1. The number of nitrogens with zero attached hydrogens (tertiary/aromatic N) is 1. The standard InChI is InChI=1S/C6H6FNOS/c7-5-10(9)6-3-1-2-4-8-6/h1-4H,5H2. The number of pyridine rings is 1. The van der Waals surface area contributed by atoms with E-state index in [9.17, 15) is 8.60 Å². The quantitative estimate of drug-likeness (QED) is 0.647. The van der Waals surface area contributed by atoms with E-state index < -0.39 is 16.8 Å². The molecule has 0 amide bonds. The summed E-state index contributed by atoms with van der Waals surface area (Å²) in [4.78, 5) is 3.71. The maximum Gasteiger partial charge on any atom is 0.170 e. The lowest BCUT2D eigenvalue weighted by molar-refractivity contribution is 0.579. The highest BCUT2D eigenvalue weighted by molar-refractivity contribution is 7.84. The molecule has 0 saturated carbocycles. The van der Waals surface area contributed by atoms with Crippen LogP contribution in [0.15, 0.2) is 29.4 Å². The smallest absolute Gasteiger partial charge is 0.170 e. The average Bonchev–Trinajstić information content (AvgIpc) is 2.05. The normalized spacial score (nSPS) is 12.9. The minimum absolute atomic E-state index is 0.296. The molecule has 2 nitrogen and oxygen atoms in total. The van der Waals surface area contributed by atoms with Gasteiger partial charge in [0, 0.05) is 6.20 Å². The van der Waals surface area contributed by atoms with Crippen LogP contribution in [0.3, 0.4) is 0 Å². The fourth-order valence-electron chi connectivity index (χ4n) is 0.538. The molecule has 1 heterocycles. The fraction of sp³-hybridized carbons (Fsp3) is 0.167. The number of halogens is 1. The van der Waals surface area contributed by atoms with Gasteiger partial charge in [0.15, 0.2) is 6.01 Å². The van der Waals surface area contributed by atoms with Crippen LogP contribution >= 0.6 is 0 Å². The summed E-state index contributed by atoms with van der Waals surface area (Å²) in [6.45, 7) is 0. The Morgan fingerprint density at radius 2 is 2.40 bits per heavy atom. The summed E-state index contributed by atoms with van der Waals surface area (Å²) in [6.07, 6.45) is 1.49. The topological polar surface area (TPSA) is 30.0 Å². The second kappa shape index (κ2) is 3.41. The molecule has 0 aliphatic heterocycles. The van der Waals surface area contributed by atoms with E-state index in [0.29, 0.717) is 5.03 Å². The van der Waals surface area contributed by atoms with Crippen LogP contribution in [0, 0.1) is 0 Å². The Bertz CT molecular complexity index is 226. The average molecular weight is 159 g/mol. The second-order valence-electron chi connectivity index (χ2n) is 1.62. The molecule has 0 aliphatic rings. The zero-order valence-electron chi connectivity index (χ0n) is 5.16. The molecule has 0 saturated heterocycles. The van der Waals surface area contributed by atoms with Crippen LogP contribution in [0.1, 0.15) is 0 Å². The molecule has 1 rings (SSSR count). The van der Waals surface area contributed by atoms with Crippen molar-refractivity contribution in [1.82, 2.24) is 4.98 Å². The van der Waals surface area contributed by atoms with Crippen LogP contribution in [0.2, 0.25) is 0 Å². The Kier molecular flexibility index (Phi) is 2.50. The molecule has 0 fully saturated rings. The van der Waals surface area contributed by atoms with Crippen molar-refractivity contribution < 1.29 is 8.60 Å². The van der Waals surface area contributed by atoms with E-state index in [2.05, 4.69) is 4.98 Å². The van der Waals surface area contributed by atoms with Gasteiger partial charge in [-0.1, -0.05) is 6.07 Å². The predicted octanol–water partition coefficient (Wildman–Crippen LogP) is 1.12. The van der Waals surface area contributed by atoms with Gasteiger partial charge in [-0.05, 0) is 12.1 Å². The third-order valence-electron chi connectivity index (χ3n) is 0.970. The van der Waals surface area contributed by atoms with Crippen molar-refractivity contribution in [3.05, 3.63) is 24.4 Å². The van der Waals surface area contributed by atoms with Crippen LogP contribution in [0.4, 0.5) is 4.39 Å². The number of rotatable bonds is 2. The number of hydrogen-bond donors (Lipinski definition) is 0. The zero-order chi connectivity index (χ0) is 7.40. The highest BCUT2D eigenvalue weighted by Gasteiger charge is 2.00. The summed E-state index contributed by atoms with van der Waals surface area (Å²) in [6, 6.07) is 4.04. The van der Waals surface area contributed by atoms with Gasteiger partial charge in [-0.15, -0.1) is 0 Å². The van der Waals surface area contributed by atoms with Gasteiger partial charge >= 0.3 is 0 Å². The molecule has 0 aliphatic carbocycles. The van der Waals surface area contributed by atoms with Gasteiger partial charge in [0.1, 0.15) is 15.8 Å². The van der Waals surface area contributed by atoms with E-state index in [1.54, 1.807) is 12.1 Å². The minimum atomic E-state index is -1.57. The molecule has 4 heteroatoms. The van der Waals surface area contributed by atoms with Gasteiger partial charge in [0.05, 0.1) is 0 Å². The van der Waals surface area contributed by atoms with E-state index in [4.69, 9.17) is 0 Å². The van der Waals surface area contributed by atoms with Crippen LogP contribution in [-0.2, 0) is 10.8 Å². The van der Waals surface area contributed by atoms with Crippen molar-refractivity contribution in [1.29, 1.82) is 0 Å². The molecule has 1 aromatic heterocycles. The molecule has 1 aromatic rings. The molecule has 0 bridgehead atoms. The minimum Gasteiger partial charge on any atom is -0.250 e. The largest absolute Gasteiger partial charge is 0.250 e. The van der Waals surface area contributed by atoms with Crippen molar-refractivity contribution in [2.45, 2.75) is 5.03 Å². The SMILES string of the molecule is O=S(CF)c1ccccn1. The lowest BCUT2D eigenvalue weighted by Crippen LogP contribution is -1.94. The van der Waals surface area contributed by atoms with Gasteiger partial charge in [0.2, 0.25) is 0 Å². The molecule has 0 aromatic carbocycles. The van der Waals surface area contributed by atoms with Crippen LogP contribution < -0.4 is 0 Å². The van der Waals surface area contributed by atoms with E-state index in [0.717, 1.165) is 0 Å². The molecule has 10 heavy (non-hydrogen) atoms. The van der Waals surface area contributed by atoms with Gasteiger partial charge < -0.3 is 0 Å². The molecular formula is C6H6FNOS. The van der Waals surface area contributed by atoms with Crippen LogP contribution in [0.5, 0.6) is 0 Å². The van der Waals surface area contributed by atoms with Gasteiger partial charge in [-0.2, -0.15) is 0 Å². The monoisotopic (exact) mass is 159 g/mol. The highest BCUT2D eigenvalue weighted by Crippen LogP contribution is 2.00. The summed E-state index contributed by atoms with van der Waals surface area (Å²) in [5, 5.41) is 0.296. The molecule has 54 valence electrons. The van der Waals surface area contributed by atoms with Gasteiger partial charge in [-0.25, -0.2) is 9.37 Å². The first-order chi connectivity index (χ1) is 4.84. The highest BCUT2D eigenvalue weighted by atomic mass is 32.2. The Hall–Kier alpha value is -0.770. The maximum absolute atomic E-state index is 11.7. The summed E-state index contributed by atoms with van der Waals surface area (Å²) < 4.78 is 22.4. The molecule has 0 N–H and O–H groups in total. The Labute approximate surface area is 60.6 Å². The lowest BCUT2D eigenvalue weighted by atomic mass is 10.5. The number of aromatic nitrogens is 1. The fourth-order valence-corrected chi connectivity index (χ4v) is 1.06. The number of hydrogen-bond acceptors (Lipinski definition) is 2. The lowest BCUT2D eigenvalue weighted by Gasteiger charge is -1.92. The summed E-state index contributed by atoms with van der Waals surface area (Å²) in [7, 11) is -1.57. The third-order valence-corrected chi connectivity index (χ3v) is 1.88. The Morgan fingerprint density at radius 1 is 1.60 bits per heavy atom. The summed E-state index contributed by atoms with van der Waals surface area (Å²) >= 11 is 0. The zero-order valence-corrected chi connectivity index (χ0v) is 5.97. The Morgan fingerprint density at radius 3 is 2.90 bits per heavy atom. The molecule has 0 spiro atoms. The Balaban J connectivity index is 2.85. The van der Waals surface area contributed by atoms with Crippen molar-refractivity contribution >= 4 is 10.8 Å². The van der Waals surface area contributed by atoms with Crippen LogP contribution in [-0.4, -0.2) is 15.2 Å². The molecule has 1 atom stereocenters. The van der Waals surface area contributed by atoms with Gasteiger partial charge in [0.25, 0.3) is 0 Å². The first-order valence-corrected chi connectivity index (χ1v) is 4.02. The first kappa shape index (κ1) is 7.34. The second-order valence-corrected chi connectivity index (χ2v) is 2.95. The van der Waals surface area contributed by atoms with E-state index >= 15 is 0 Å². The molecule has 0 radical (unpaired) electrons. The summed E-state index contributed by atoms with van der Waals surface area (Å²) in [5.74, 6) is 0. The van der Waals surface area contributed by atoms with Crippen molar-refractivity contribution in [2.75, 3.05) is 6.01 Å². The predicted molar refractivity (Wildman–Crippen MR) is 36.6 cm³/mol. The maximum atomic E-state index is 11.7. The molecule has 1 unspecified atom stereocenters. The van der Waals surface area contributed by atoms with Crippen molar-refractivity contribution in [3.8, 4) is 0 Å². The van der Waals surface area contributed by atoms with Crippen LogP contribution in [0.25, 0.3) is 0 Å². The van der Waals surface area contributed by atoms with E-state index in [1.807, 2.05) is 0 Å². The van der Waals surface area contributed by atoms with Crippen molar-refractivity contribution in [3.63, 3.8) is 0 Å². The third kappa shape index (κ3) is 1.60.